The predicted octanol–water partition coefficient (Wildman–Crippen LogP) is 0.922. The fourth-order valence-electron chi connectivity index (χ4n) is 2.22. The highest BCUT2D eigenvalue weighted by atomic mass is 16.5. The maximum Gasteiger partial charge on any atom is 0.407 e. The standard InChI is InChI=1S/C15H22N2O4/c1-9-5-11(14(19)16-3)6-10(2)13(9)7-12(8-18)17-15(20)21-4/h5-6,12,18H,7-8H2,1-4H3,(H,16,19)(H,17,20). The van der Waals surface area contributed by atoms with Gasteiger partial charge in [-0.05, 0) is 49.1 Å². The molecule has 6 nitrogen and oxygen atoms in total. The lowest BCUT2D eigenvalue weighted by molar-refractivity contribution is 0.0963. The molecule has 0 saturated heterocycles. The molecule has 3 N–H and O–H groups in total. The second kappa shape index (κ2) is 7.64. The van der Waals surface area contributed by atoms with Crippen LogP contribution in [0.2, 0.25) is 0 Å². The fraction of sp³-hybridized carbons (Fsp3) is 0.467. The van der Waals surface area contributed by atoms with Crippen LogP contribution in [0.15, 0.2) is 12.1 Å². The lowest BCUT2D eigenvalue weighted by Crippen LogP contribution is -2.39. The van der Waals surface area contributed by atoms with Crippen LogP contribution in [0.4, 0.5) is 4.79 Å². The van der Waals surface area contributed by atoms with Crippen molar-refractivity contribution in [2.45, 2.75) is 26.3 Å². The quantitative estimate of drug-likeness (QED) is 0.753. The van der Waals surface area contributed by atoms with Crippen molar-refractivity contribution in [2.24, 2.45) is 0 Å². The summed E-state index contributed by atoms with van der Waals surface area (Å²) in [6, 6.07) is 3.17. The Labute approximate surface area is 124 Å². The molecule has 1 unspecified atom stereocenters. The number of methoxy groups -OCH3 is 1. The lowest BCUT2D eigenvalue weighted by Gasteiger charge is -2.19. The van der Waals surface area contributed by atoms with Crippen molar-refractivity contribution in [3.63, 3.8) is 0 Å². The zero-order chi connectivity index (χ0) is 16.0. The van der Waals surface area contributed by atoms with E-state index < -0.39 is 12.1 Å². The van der Waals surface area contributed by atoms with Crippen molar-refractivity contribution in [3.05, 3.63) is 34.4 Å². The number of carbonyl (C=O) groups is 2. The summed E-state index contributed by atoms with van der Waals surface area (Å²) in [6.45, 7) is 3.62. The highest BCUT2D eigenvalue weighted by Crippen LogP contribution is 2.18. The monoisotopic (exact) mass is 294 g/mol. The van der Waals surface area contributed by atoms with Gasteiger partial charge < -0.3 is 20.5 Å². The molecule has 0 radical (unpaired) electrons. The third-order valence-electron chi connectivity index (χ3n) is 3.36. The zero-order valence-electron chi connectivity index (χ0n) is 12.8. The average molecular weight is 294 g/mol. The molecule has 0 bridgehead atoms. The number of hydrogen-bond acceptors (Lipinski definition) is 4. The van der Waals surface area contributed by atoms with Gasteiger partial charge in [0.2, 0.25) is 0 Å². The van der Waals surface area contributed by atoms with Gasteiger partial charge in [0, 0.05) is 12.6 Å². The summed E-state index contributed by atoms with van der Waals surface area (Å²) in [5.41, 5.74) is 3.48. The summed E-state index contributed by atoms with van der Waals surface area (Å²) < 4.78 is 4.53. The maximum atomic E-state index is 11.7. The Balaban J connectivity index is 2.97. The van der Waals surface area contributed by atoms with Crippen LogP contribution < -0.4 is 10.6 Å². The van der Waals surface area contributed by atoms with Gasteiger partial charge >= 0.3 is 6.09 Å². The van der Waals surface area contributed by atoms with Crippen LogP contribution in [0.1, 0.15) is 27.0 Å². The first kappa shape index (κ1) is 17.0. The second-order valence-corrected chi connectivity index (χ2v) is 4.89. The van der Waals surface area contributed by atoms with Crippen LogP contribution in [-0.4, -0.2) is 43.9 Å². The van der Waals surface area contributed by atoms with Crippen LogP contribution >= 0.6 is 0 Å². The molecule has 1 atom stereocenters. The summed E-state index contributed by atoms with van der Waals surface area (Å²) in [6.07, 6.45) is -0.108. The van der Waals surface area contributed by atoms with Crippen molar-refractivity contribution in [1.29, 1.82) is 0 Å². The van der Waals surface area contributed by atoms with Crippen molar-refractivity contribution in [2.75, 3.05) is 20.8 Å². The Bertz CT molecular complexity index is 505. The first-order valence-corrected chi connectivity index (χ1v) is 6.70. The van der Waals surface area contributed by atoms with Gasteiger partial charge in [-0.1, -0.05) is 0 Å². The number of ether oxygens (including phenoxy) is 1. The van der Waals surface area contributed by atoms with Gasteiger partial charge in [-0.3, -0.25) is 4.79 Å². The summed E-state index contributed by atoms with van der Waals surface area (Å²) in [7, 11) is 2.86. The zero-order valence-corrected chi connectivity index (χ0v) is 12.8. The topological polar surface area (TPSA) is 87.7 Å². The van der Waals surface area contributed by atoms with Crippen molar-refractivity contribution in [1.82, 2.24) is 10.6 Å². The molecule has 6 heteroatoms. The van der Waals surface area contributed by atoms with Gasteiger partial charge in [-0.2, -0.15) is 0 Å². The number of aliphatic hydroxyl groups excluding tert-OH is 1. The summed E-state index contributed by atoms with van der Waals surface area (Å²) >= 11 is 0. The molecule has 116 valence electrons. The second-order valence-electron chi connectivity index (χ2n) is 4.89. The fourth-order valence-corrected chi connectivity index (χ4v) is 2.22. The molecular weight excluding hydrogens is 272 g/mol. The van der Waals surface area contributed by atoms with E-state index in [-0.39, 0.29) is 12.5 Å². The molecule has 2 amide bonds. The summed E-state index contributed by atoms with van der Waals surface area (Å²) in [4.78, 5) is 22.9. The van der Waals surface area contributed by atoms with Gasteiger partial charge in [0.1, 0.15) is 0 Å². The highest BCUT2D eigenvalue weighted by molar-refractivity contribution is 5.94. The Morgan fingerprint density at radius 1 is 1.29 bits per heavy atom. The number of rotatable bonds is 5. The van der Waals surface area contributed by atoms with Crippen LogP contribution in [0, 0.1) is 13.8 Å². The SMILES string of the molecule is CNC(=O)c1cc(C)c(CC(CO)NC(=O)OC)c(C)c1. The van der Waals surface area contributed by atoms with Gasteiger partial charge in [-0.15, -0.1) is 0 Å². The Morgan fingerprint density at radius 3 is 2.29 bits per heavy atom. The van der Waals surface area contributed by atoms with E-state index in [2.05, 4.69) is 15.4 Å². The first-order chi connectivity index (χ1) is 9.92. The molecule has 0 aliphatic rings. The molecule has 1 aromatic carbocycles. The molecule has 0 spiro atoms. The number of alkyl carbamates (subject to hydrolysis) is 1. The molecule has 0 heterocycles. The van der Waals surface area contributed by atoms with Crippen LogP contribution in [0.25, 0.3) is 0 Å². The molecule has 1 rings (SSSR count). The molecule has 0 aliphatic heterocycles. The Morgan fingerprint density at radius 2 is 1.86 bits per heavy atom. The van der Waals surface area contributed by atoms with E-state index in [0.29, 0.717) is 12.0 Å². The number of carbonyl (C=O) groups excluding carboxylic acids is 2. The van der Waals surface area contributed by atoms with E-state index >= 15 is 0 Å². The van der Waals surface area contributed by atoms with Gasteiger partial charge in [0.25, 0.3) is 5.91 Å². The average Bonchev–Trinajstić information content (AvgIpc) is 2.48. The minimum atomic E-state index is -0.577. The van der Waals surface area contributed by atoms with Gasteiger partial charge in [0.05, 0.1) is 19.8 Å². The molecule has 0 aliphatic carbocycles. The molecule has 0 aromatic heterocycles. The third kappa shape index (κ3) is 4.46. The van der Waals surface area contributed by atoms with E-state index in [4.69, 9.17) is 0 Å². The van der Waals surface area contributed by atoms with E-state index in [1.165, 1.54) is 7.11 Å². The predicted molar refractivity (Wildman–Crippen MR) is 79.4 cm³/mol. The van der Waals surface area contributed by atoms with E-state index in [1.807, 2.05) is 13.8 Å². The minimum Gasteiger partial charge on any atom is -0.453 e. The number of amides is 2. The van der Waals surface area contributed by atoms with E-state index in [9.17, 15) is 14.7 Å². The summed E-state index contributed by atoms with van der Waals surface area (Å²) in [5, 5.41) is 14.5. The minimum absolute atomic E-state index is 0.140. The molecule has 0 fully saturated rings. The van der Waals surface area contributed by atoms with Gasteiger partial charge in [-0.25, -0.2) is 4.79 Å². The van der Waals surface area contributed by atoms with E-state index in [0.717, 1.165) is 16.7 Å². The number of aliphatic hydroxyl groups is 1. The number of aryl methyl sites for hydroxylation is 2. The molecular formula is C15H22N2O4. The number of benzene rings is 1. The van der Waals surface area contributed by atoms with Crippen LogP contribution in [-0.2, 0) is 11.2 Å². The van der Waals surface area contributed by atoms with Crippen molar-refractivity contribution >= 4 is 12.0 Å². The smallest absolute Gasteiger partial charge is 0.407 e. The maximum absolute atomic E-state index is 11.7. The highest BCUT2D eigenvalue weighted by Gasteiger charge is 2.16. The molecule has 21 heavy (non-hydrogen) atoms. The van der Waals surface area contributed by atoms with Gasteiger partial charge in [0.15, 0.2) is 0 Å². The van der Waals surface area contributed by atoms with Crippen LogP contribution in [0.3, 0.4) is 0 Å². The molecule has 0 saturated carbocycles. The Kier molecular flexibility index (Phi) is 6.17. The summed E-state index contributed by atoms with van der Waals surface area (Å²) in [5.74, 6) is -0.140. The number of nitrogens with one attached hydrogen (secondary N) is 2. The normalized spacial score (nSPS) is 11.7. The largest absolute Gasteiger partial charge is 0.453 e. The van der Waals surface area contributed by atoms with E-state index in [1.54, 1.807) is 19.2 Å². The third-order valence-corrected chi connectivity index (χ3v) is 3.36. The van der Waals surface area contributed by atoms with Crippen LogP contribution in [0.5, 0.6) is 0 Å². The number of hydrogen-bond donors (Lipinski definition) is 3. The molecule has 1 aromatic rings. The lowest BCUT2D eigenvalue weighted by atomic mass is 9.94. The van der Waals surface area contributed by atoms with Crippen molar-refractivity contribution < 1.29 is 19.4 Å². The Hall–Kier alpha value is -2.08. The van der Waals surface area contributed by atoms with Crippen molar-refractivity contribution in [3.8, 4) is 0 Å². The first-order valence-electron chi connectivity index (χ1n) is 6.70.